The third kappa shape index (κ3) is 5.14. The summed E-state index contributed by atoms with van der Waals surface area (Å²) in [7, 11) is 0. The van der Waals surface area contributed by atoms with E-state index in [4.69, 9.17) is 5.11 Å². The molecule has 0 bridgehead atoms. The molecule has 0 aliphatic heterocycles. The maximum Gasteiger partial charge on any atom is 0.230 e. The number of carbonyl (C=O) groups excluding carboxylic acids is 1. The molecule has 2 N–H and O–H groups in total. The van der Waals surface area contributed by atoms with E-state index in [0.29, 0.717) is 0 Å². The zero-order valence-electron chi connectivity index (χ0n) is 9.24. The summed E-state index contributed by atoms with van der Waals surface area (Å²) in [6.45, 7) is 1.71. The summed E-state index contributed by atoms with van der Waals surface area (Å²) >= 11 is 0.980. The smallest absolute Gasteiger partial charge is 0.230 e. The third-order valence-electron chi connectivity index (χ3n) is 1.85. The monoisotopic (exact) mass is 261 g/mol. The van der Waals surface area contributed by atoms with Crippen LogP contribution >= 0.6 is 11.8 Å². The van der Waals surface area contributed by atoms with Gasteiger partial charge < -0.3 is 10.4 Å². The average Bonchev–Trinajstić information content (AvgIpc) is 2.25. The number of thioether (sulfide) groups is 1. The Kier molecular flexibility index (Phi) is 5.37. The van der Waals surface area contributed by atoms with Crippen molar-refractivity contribution < 1.29 is 18.7 Å². The quantitative estimate of drug-likeness (QED) is 0.791. The zero-order chi connectivity index (χ0) is 12.8. The molecule has 0 saturated heterocycles. The highest BCUT2D eigenvalue weighted by atomic mass is 32.2. The van der Waals surface area contributed by atoms with Crippen molar-refractivity contribution in [3.8, 4) is 0 Å². The van der Waals surface area contributed by atoms with Crippen LogP contribution in [0.4, 0.5) is 8.78 Å². The standard InChI is InChI=1S/C11H13F2NO2S/c1-7(15)5-14-11(16)6-17-10-3-2-8(12)4-9(10)13/h2-4,7,15H,5-6H2,1H3,(H,14,16)/t7-/m0/s1. The van der Waals surface area contributed by atoms with Gasteiger partial charge in [-0.1, -0.05) is 0 Å². The molecule has 1 atom stereocenters. The van der Waals surface area contributed by atoms with E-state index in [9.17, 15) is 13.6 Å². The Labute approximate surface area is 102 Å². The van der Waals surface area contributed by atoms with Gasteiger partial charge in [0.2, 0.25) is 5.91 Å². The van der Waals surface area contributed by atoms with Crippen molar-refractivity contribution in [2.75, 3.05) is 12.3 Å². The van der Waals surface area contributed by atoms with Crippen molar-refractivity contribution in [2.45, 2.75) is 17.9 Å². The Hall–Kier alpha value is -1.14. The number of amides is 1. The van der Waals surface area contributed by atoms with Gasteiger partial charge in [0.1, 0.15) is 11.6 Å². The Balaban J connectivity index is 2.42. The maximum absolute atomic E-state index is 13.2. The summed E-state index contributed by atoms with van der Waals surface area (Å²) in [5.74, 6) is -1.61. The van der Waals surface area contributed by atoms with Crippen LogP contribution in [0, 0.1) is 11.6 Å². The summed E-state index contributed by atoms with van der Waals surface area (Å²) in [6.07, 6.45) is -0.619. The normalized spacial score (nSPS) is 12.2. The van der Waals surface area contributed by atoms with E-state index in [1.54, 1.807) is 6.92 Å². The van der Waals surface area contributed by atoms with Gasteiger partial charge in [-0.05, 0) is 19.1 Å². The van der Waals surface area contributed by atoms with Crippen LogP contribution in [0.1, 0.15) is 6.92 Å². The fraction of sp³-hybridized carbons (Fsp3) is 0.364. The van der Waals surface area contributed by atoms with Crippen LogP contribution in [0.15, 0.2) is 23.1 Å². The molecule has 0 radical (unpaired) electrons. The SMILES string of the molecule is C[C@H](O)CNC(=O)CSc1ccc(F)cc1F. The van der Waals surface area contributed by atoms with E-state index in [-0.39, 0.29) is 23.1 Å². The second-order valence-electron chi connectivity index (χ2n) is 3.52. The van der Waals surface area contributed by atoms with Gasteiger partial charge >= 0.3 is 0 Å². The van der Waals surface area contributed by atoms with Gasteiger partial charge in [0.25, 0.3) is 0 Å². The molecule has 0 spiro atoms. The Morgan fingerprint density at radius 2 is 2.24 bits per heavy atom. The first-order valence-corrected chi connectivity index (χ1v) is 6.00. The molecule has 0 aliphatic carbocycles. The summed E-state index contributed by atoms with van der Waals surface area (Å²) in [5, 5.41) is 11.4. The van der Waals surface area contributed by atoms with Crippen LogP contribution in [-0.4, -0.2) is 29.4 Å². The topological polar surface area (TPSA) is 49.3 Å². The van der Waals surface area contributed by atoms with Gasteiger partial charge in [-0.2, -0.15) is 0 Å². The molecule has 0 unspecified atom stereocenters. The lowest BCUT2D eigenvalue weighted by Gasteiger charge is -2.07. The molecule has 17 heavy (non-hydrogen) atoms. The molecular formula is C11H13F2NO2S. The number of rotatable bonds is 5. The van der Waals surface area contributed by atoms with Crippen molar-refractivity contribution in [3.05, 3.63) is 29.8 Å². The van der Waals surface area contributed by atoms with Gasteiger partial charge in [0, 0.05) is 17.5 Å². The lowest BCUT2D eigenvalue weighted by atomic mass is 10.3. The van der Waals surface area contributed by atoms with Gasteiger partial charge in [0.15, 0.2) is 0 Å². The number of hydrogen-bond acceptors (Lipinski definition) is 3. The largest absolute Gasteiger partial charge is 0.392 e. The van der Waals surface area contributed by atoms with Gasteiger partial charge in [-0.3, -0.25) is 4.79 Å². The number of hydrogen-bond donors (Lipinski definition) is 2. The maximum atomic E-state index is 13.2. The van der Waals surface area contributed by atoms with E-state index < -0.39 is 17.7 Å². The highest BCUT2D eigenvalue weighted by Crippen LogP contribution is 2.21. The predicted octanol–water partition coefficient (Wildman–Crippen LogP) is 1.55. The van der Waals surface area contributed by atoms with E-state index in [0.717, 1.165) is 23.9 Å². The second-order valence-corrected chi connectivity index (χ2v) is 4.53. The molecule has 0 fully saturated rings. The molecule has 3 nitrogen and oxygen atoms in total. The van der Waals surface area contributed by atoms with Crippen molar-refractivity contribution in [3.63, 3.8) is 0 Å². The van der Waals surface area contributed by atoms with Gasteiger partial charge in [0.05, 0.1) is 11.9 Å². The van der Waals surface area contributed by atoms with Crippen LogP contribution in [0.5, 0.6) is 0 Å². The number of benzene rings is 1. The fourth-order valence-electron chi connectivity index (χ4n) is 1.05. The number of nitrogens with one attached hydrogen (secondary N) is 1. The molecule has 94 valence electrons. The number of aliphatic hydroxyl groups excluding tert-OH is 1. The molecule has 1 amide bonds. The highest BCUT2D eigenvalue weighted by molar-refractivity contribution is 8.00. The van der Waals surface area contributed by atoms with Crippen LogP contribution in [0.25, 0.3) is 0 Å². The molecule has 1 aromatic carbocycles. The highest BCUT2D eigenvalue weighted by Gasteiger charge is 2.08. The minimum absolute atomic E-state index is 0.0231. The Bertz CT molecular complexity index is 399. The van der Waals surface area contributed by atoms with Gasteiger partial charge in [-0.15, -0.1) is 11.8 Å². The summed E-state index contributed by atoms with van der Waals surface area (Å²) in [6, 6.07) is 3.20. The molecule has 6 heteroatoms. The lowest BCUT2D eigenvalue weighted by molar-refractivity contribution is -0.118. The molecule has 1 rings (SSSR count). The van der Waals surface area contributed by atoms with Gasteiger partial charge in [-0.25, -0.2) is 8.78 Å². The molecule has 0 saturated carbocycles. The number of carbonyl (C=O) groups is 1. The van der Waals surface area contributed by atoms with Crippen LogP contribution in [-0.2, 0) is 4.79 Å². The van der Waals surface area contributed by atoms with E-state index >= 15 is 0 Å². The molecule has 1 aromatic rings. The minimum atomic E-state index is -0.682. The number of aliphatic hydroxyl groups is 1. The molecular weight excluding hydrogens is 248 g/mol. The summed E-state index contributed by atoms with van der Waals surface area (Å²) in [4.78, 5) is 11.5. The van der Waals surface area contributed by atoms with Crippen LogP contribution in [0.3, 0.4) is 0 Å². The lowest BCUT2D eigenvalue weighted by Crippen LogP contribution is -2.31. The molecule has 0 aliphatic rings. The Morgan fingerprint density at radius 1 is 1.53 bits per heavy atom. The second kappa shape index (κ2) is 6.56. The molecule has 0 aromatic heterocycles. The predicted molar refractivity (Wildman–Crippen MR) is 61.8 cm³/mol. The van der Waals surface area contributed by atoms with E-state index in [2.05, 4.69) is 5.32 Å². The fourth-order valence-corrected chi connectivity index (χ4v) is 1.80. The van der Waals surface area contributed by atoms with Crippen molar-refractivity contribution in [2.24, 2.45) is 0 Å². The number of halogens is 2. The van der Waals surface area contributed by atoms with Crippen molar-refractivity contribution in [1.29, 1.82) is 0 Å². The van der Waals surface area contributed by atoms with E-state index in [1.165, 1.54) is 6.07 Å². The first-order chi connectivity index (χ1) is 7.99. The first-order valence-electron chi connectivity index (χ1n) is 5.01. The summed E-state index contributed by atoms with van der Waals surface area (Å²) in [5.41, 5.74) is 0. The first kappa shape index (κ1) is 13.9. The van der Waals surface area contributed by atoms with Crippen LogP contribution in [0.2, 0.25) is 0 Å². The van der Waals surface area contributed by atoms with Crippen molar-refractivity contribution in [1.82, 2.24) is 5.32 Å². The van der Waals surface area contributed by atoms with Crippen LogP contribution < -0.4 is 5.32 Å². The average molecular weight is 261 g/mol. The third-order valence-corrected chi connectivity index (χ3v) is 2.90. The van der Waals surface area contributed by atoms with E-state index in [1.807, 2.05) is 0 Å². The summed E-state index contributed by atoms with van der Waals surface area (Å²) < 4.78 is 25.8. The Morgan fingerprint density at radius 3 is 2.82 bits per heavy atom. The van der Waals surface area contributed by atoms with Crippen molar-refractivity contribution >= 4 is 17.7 Å². The minimum Gasteiger partial charge on any atom is -0.392 e. The molecule has 0 heterocycles. The zero-order valence-corrected chi connectivity index (χ0v) is 10.1.